The molecule has 0 saturated heterocycles. The van der Waals surface area contributed by atoms with Gasteiger partial charge in [-0.05, 0) is 83.8 Å². The lowest BCUT2D eigenvalue weighted by atomic mass is 9.92. The number of aromatic hydroxyl groups is 4. The molecule has 4 nitrogen and oxygen atoms in total. The fraction of sp³-hybridized carbons (Fsp3) is 0.200. The molecule has 34 heavy (non-hydrogen) atoms. The molecule has 0 aliphatic heterocycles. The third-order valence-corrected chi connectivity index (χ3v) is 6.28. The second-order valence-electron chi connectivity index (χ2n) is 9.13. The molecule has 4 heteroatoms. The van der Waals surface area contributed by atoms with Crippen LogP contribution in [0.15, 0.2) is 66.7 Å². The van der Waals surface area contributed by atoms with Crippen LogP contribution in [0.2, 0.25) is 0 Å². The van der Waals surface area contributed by atoms with Crippen molar-refractivity contribution in [3.05, 3.63) is 117 Å². The Hall–Kier alpha value is -3.92. The highest BCUT2D eigenvalue weighted by molar-refractivity contribution is 5.51. The molecule has 0 saturated carbocycles. The molecule has 0 fully saturated rings. The van der Waals surface area contributed by atoms with Crippen LogP contribution in [0.4, 0.5) is 0 Å². The molecule has 0 atom stereocenters. The monoisotopic (exact) mass is 454 g/mol. The van der Waals surface area contributed by atoms with Gasteiger partial charge < -0.3 is 20.4 Å². The SMILES string of the molecule is Cc1ccc(O)c(Cc2cc(Cc3cc(C)c(O)c(Cc4ccccc4O)c3)cc(C)c2O)c1. The van der Waals surface area contributed by atoms with Crippen molar-refractivity contribution < 1.29 is 20.4 Å². The molecule has 0 aromatic heterocycles. The van der Waals surface area contributed by atoms with Gasteiger partial charge in [0.25, 0.3) is 0 Å². The first-order valence-corrected chi connectivity index (χ1v) is 11.4. The fourth-order valence-corrected chi connectivity index (χ4v) is 4.50. The number of phenols is 4. The van der Waals surface area contributed by atoms with E-state index in [0.717, 1.165) is 50.1 Å². The smallest absolute Gasteiger partial charge is 0.122 e. The number of benzene rings is 4. The van der Waals surface area contributed by atoms with Crippen molar-refractivity contribution in [1.29, 1.82) is 0 Å². The summed E-state index contributed by atoms with van der Waals surface area (Å²) >= 11 is 0. The van der Waals surface area contributed by atoms with Gasteiger partial charge in [0.05, 0.1) is 0 Å². The lowest BCUT2D eigenvalue weighted by Gasteiger charge is -2.15. The summed E-state index contributed by atoms with van der Waals surface area (Å²) in [5.74, 6) is 0.912. The Balaban J connectivity index is 1.65. The molecule has 4 rings (SSSR count). The van der Waals surface area contributed by atoms with Crippen LogP contribution < -0.4 is 0 Å². The molecule has 4 aromatic carbocycles. The number of aryl methyl sites for hydroxylation is 3. The highest BCUT2D eigenvalue weighted by atomic mass is 16.3. The Morgan fingerprint density at radius 2 is 1.03 bits per heavy atom. The van der Waals surface area contributed by atoms with Crippen LogP contribution >= 0.6 is 0 Å². The maximum absolute atomic E-state index is 10.7. The third kappa shape index (κ3) is 5.01. The summed E-state index contributed by atoms with van der Waals surface area (Å²) in [6.45, 7) is 5.73. The average Bonchev–Trinajstić information content (AvgIpc) is 2.79. The lowest BCUT2D eigenvalue weighted by molar-refractivity contribution is 0.459. The van der Waals surface area contributed by atoms with Crippen molar-refractivity contribution in [2.45, 2.75) is 40.0 Å². The van der Waals surface area contributed by atoms with Gasteiger partial charge in [-0.2, -0.15) is 0 Å². The van der Waals surface area contributed by atoms with Gasteiger partial charge in [-0.1, -0.05) is 60.2 Å². The number of hydrogen-bond donors (Lipinski definition) is 4. The normalized spacial score (nSPS) is 11.0. The first kappa shape index (κ1) is 23.2. The molecule has 0 unspecified atom stereocenters. The van der Waals surface area contributed by atoms with Crippen molar-refractivity contribution in [3.63, 3.8) is 0 Å². The van der Waals surface area contributed by atoms with Crippen LogP contribution in [-0.4, -0.2) is 20.4 Å². The molecule has 0 spiro atoms. The number of phenolic OH excluding ortho intramolecular Hbond substituents is 4. The van der Waals surface area contributed by atoms with Crippen LogP contribution in [0.25, 0.3) is 0 Å². The molecule has 0 bridgehead atoms. The molecule has 0 amide bonds. The van der Waals surface area contributed by atoms with Gasteiger partial charge in [0.1, 0.15) is 23.0 Å². The van der Waals surface area contributed by atoms with E-state index < -0.39 is 0 Å². The number of para-hydroxylation sites is 1. The van der Waals surface area contributed by atoms with Crippen molar-refractivity contribution in [2.75, 3.05) is 0 Å². The lowest BCUT2D eigenvalue weighted by Crippen LogP contribution is -1.99. The Labute approximate surface area is 200 Å². The van der Waals surface area contributed by atoms with E-state index in [-0.39, 0.29) is 23.0 Å². The summed E-state index contributed by atoms with van der Waals surface area (Å²) in [6.07, 6.45) is 1.49. The van der Waals surface area contributed by atoms with E-state index in [9.17, 15) is 20.4 Å². The van der Waals surface area contributed by atoms with Crippen LogP contribution in [0.5, 0.6) is 23.0 Å². The first-order chi connectivity index (χ1) is 16.2. The minimum absolute atomic E-state index is 0.211. The van der Waals surface area contributed by atoms with E-state index in [1.54, 1.807) is 18.2 Å². The Kier molecular flexibility index (Phi) is 6.51. The van der Waals surface area contributed by atoms with Crippen LogP contribution in [0.3, 0.4) is 0 Å². The molecule has 0 radical (unpaired) electrons. The van der Waals surface area contributed by atoms with Crippen molar-refractivity contribution in [3.8, 4) is 23.0 Å². The topological polar surface area (TPSA) is 80.9 Å². The van der Waals surface area contributed by atoms with Gasteiger partial charge in [0, 0.05) is 12.8 Å². The summed E-state index contributed by atoms with van der Waals surface area (Å²) in [6, 6.07) is 20.5. The predicted molar refractivity (Wildman–Crippen MR) is 135 cm³/mol. The summed E-state index contributed by atoms with van der Waals surface area (Å²) < 4.78 is 0. The fourth-order valence-electron chi connectivity index (χ4n) is 4.50. The highest BCUT2D eigenvalue weighted by Crippen LogP contribution is 2.32. The average molecular weight is 455 g/mol. The minimum atomic E-state index is 0.211. The highest BCUT2D eigenvalue weighted by Gasteiger charge is 2.14. The zero-order chi connectivity index (χ0) is 24.4. The molecular formula is C30H30O4. The van der Waals surface area contributed by atoms with Gasteiger partial charge >= 0.3 is 0 Å². The van der Waals surface area contributed by atoms with E-state index >= 15 is 0 Å². The number of rotatable bonds is 6. The Morgan fingerprint density at radius 1 is 0.500 bits per heavy atom. The Bertz CT molecular complexity index is 1350. The molecule has 0 heterocycles. The molecule has 0 aliphatic carbocycles. The first-order valence-electron chi connectivity index (χ1n) is 11.4. The molecule has 0 aliphatic rings. The second-order valence-corrected chi connectivity index (χ2v) is 9.13. The van der Waals surface area contributed by atoms with Gasteiger partial charge in [-0.25, -0.2) is 0 Å². The largest absolute Gasteiger partial charge is 0.508 e. The van der Waals surface area contributed by atoms with Crippen LogP contribution in [0, 0.1) is 20.8 Å². The zero-order valence-electron chi connectivity index (χ0n) is 19.8. The van der Waals surface area contributed by atoms with Crippen LogP contribution in [0.1, 0.15) is 50.1 Å². The minimum Gasteiger partial charge on any atom is -0.508 e. The molecule has 4 N–H and O–H groups in total. The van der Waals surface area contributed by atoms with Crippen molar-refractivity contribution in [2.24, 2.45) is 0 Å². The number of hydrogen-bond acceptors (Lipinski definition) is 4. The summed E-state index contributed by atoms with van der Waals surface area (Å²) in [7, 11) is 0. The quantitative estimate of drug-likeness (QED) is 0.279. The standard InChI is InChI=1S/C30H30O4/c1-18-8-9-28(32)24(10-18)17-26-15-22(12-20(3)30(26)34)13-21-11-19(2)29(33)25(14-21)16-23-6-4-5-7-27(23)31/h4-12,14-15,31-34H,13,16-17H2,1-3H3. The molecule has 174 valence electrons. The van der Waals surface area contributed by atoms with E-state index in [1.165, 1.54) is 0 Å². The van der Waals surface area contributed by atoms with Crippen LogP contribution in [-0.2, 0) is 19.3 Å². The maximum atomic E-state index is 10.7. The maximum Gasteiger partial charge on any atom is 0.122 e. The van der Waals surface area contributed by atoms with Gasteiger partial charge in [0.15, 0.2) is 0 Å². The Morgan fingerprint density at radius 3 is 1.62 bits per heavy atom. The van der Waals surface area contributed by atoms with Crippen molar-refractivity contribution in [1.82, 2.24) is 0 Å². The zero-order valence-corrected chi connectivity index (χ0v) is 19.8. The molecular weight excluding hydrogens is 424 g/mol. The summed E-state index contributed by atoms with van der Waals surface area (Å²) in [4.78, 5) is 0. The van der Waals surface area contributed by atoms with Gasteiger partial charge in [-0.15, -0.1) is 0 Å². The van der Waals surface area contributed by atoms with E-state index in [2.05, 4.69) is 0 Å². The van der Waals surface area contributed by atoms with E-state index in [1.807, 2.05) is 69.3 Å². The van der Waals surface area contributed by atoms with Gasteiger partial charge in [0.2, 0.25) is 0 Å². The van der Waals surface area contributed by atoms with Gasteiger partial charge in [-0.3, -0.25) is 0 Å². The van der Waals surface area contributed by atoms with E-state index in [4.69, 9.17) is 0 Å². The second kappa shape index (κ2) is 9.52. The third-order valence-electron chi connectivity index (χ3n) is 6.28. The molecule has 4 aromatic rings. The van der Waals surface area contributed by atoms with Crippen molar-refractivity contribution >= 4 is 0 Å². The predicted octanol–water partition coefficient (Wildman–Crippen LogP) is 6.21. The summed E-state index contributed by atoms with van der Waals surface area (Å²) in [5, 5.41) is 41.7. The summed E-state index contributed by atoms with van der Waals surface area (Å²) in [5.41, 5.74) is 7.75. The van der Waals surface area contributed by atoms with E-state index in [0.29, 0.717) is 19.3 Å².